The van der Waals surface area contributed by atoms with Crippen LogP contribution < -0.4 is 10.0 Å². The van der Waals surface area contributed by atoms with Crippen LogP contribution >= 0.6 is 11.9 Å². The first-order chi connectivity index (χ1) is 15.0. The minimum Gasteiger partial charge on any atom is -0.341 e. The smallest absolute Gasteiger partial charge is 0.240 e. The lowest BCUT2D eigenvalue weighted by atomic mass is 9.98. The molecule has 1 aromatic carbocycles. The van der Waals surface area contributed by atoms with Crippen LogP contribution in [0.1, 0.15) is 38.8 Å². The van der Waals surface area contributed by atoms with E-state index in [-0.39, 0.29) is 17.9 Å². The highest BCUT2D eigenvalue weighted by molar-refractivity contribution is 7.97. The van der Waals surface area contributed by atoms with E-state index in [0.717, 1.165) is 36.5 Å². The number of likely N-dealkylation sites (tertiary alicyclic amines) is 1. The fourth-order valence-corrected chi connectivity index (χ4v) is 4.47. The Hall–Kier alpha value is -2.76. The Kier molecular flexibility index (Phi) is 8.15. The van der Waals surface area contributed by atoms with E-state index in [2.05, 4.69) is 23.0 Å². The van der Waals surface area contributed by atoms with Crippen molar-refractivity contribution in [2.45, 2.75) is 50.6 Å². The number of benzene rings is 1. The fraction of sp³-hybridized carbons (Fsp3) is 0.435. The largest absolute Gasteiger partial charge is 0.341 e. The van der Waals surface area contributed by atoms with Gasteiger partial charge >= 0.3 is 0 Å². The summed E-state index contributed by atoms with van der Waals surface area (Å²) in [5.41, 5.74) is 1.31. The van der Waals surface area contributed by atoms with E-state index in [9.17, 15) is 14.9 Å². The van der Waals surface area contributed by atoms with Crippen LogP contribution in [0.15, 0.2) is 47.5 Å². The first-order valence-corrected chi connectivity index (χ1v) is 11.4. The maximum atomic E-state index is 13.3. The highest BCUT2D eigenvalue weighted by Crippen LogP contribution is 2.22. The van der Waals surface area contributed by atoms with Crippen LogP contribution in [0.2, 0.25) is 0 Å². The van der Waals surface area contributed by atoms with E-state index in [0.29, 0.717) is 24.6 Å². The number of rotatable bonds is 8. The number of hydrogen-bond donors (Lipinski definition) is 2. The van der Waals surface area contributed by atoms with Crippen LogP contribution in [0.4, 0.5) is 5.69 Å². The van der Waals surface area contributed by atoms with Crippen molar-refractivity contribution in [1.29, 1.82) is 5.26 Å². The number of aromatic nitrogens is 1. The number of amides is 2. The zero-order valence-corrected chi connectivity index (χ0v) is 18.8. The van der Waals surface area contributed by atoms with Gasteiger partial charge in [-0.15, -0.1) is 0 Å². The molecule has 1 unspecified atom stereocenters. The van der Waals surface area contributed by atoms with E-state index in [1.165, 1.54) is 18.9 Å². The highest BCUT2D eigenvalue weighted by Gasteiger charge is 2.27. The molecule has 2 amide bonds. The van der Waals surface area contributed by atoms with Crippen molar-refractivity contribution >= 4 is 29.4 Å². The molecule has 2 N–H and O–H groups in total. The van der Waals surface area contributed by atoms with Crippen LogP contribution in [0.25, 0.3) is 0 Å². The molecule has 8 heteroatoms. The minimum absolute atomic E-state index is 0.100. The number of hydrogen-bond acceptors (Lipinski definition) is 5. The third kappa shape index (κ3) is 6.61. The van der Waals surface area contributed by atoms with Crippen LogP contribution in [-0.4, -0.2) is 40.4 Å². The van der Waals surface area contributed by atoms with Gasteiger partial charge in [0.2, 0.25) is 11.8 Å². The Balaban J connectivity index is 1.68. The van der Waals surface area contributed by atoms with E-state index in [4.69, 9.17) is 0 Å². The molecule has 2 aromatic rings. The monoisotopic (exact) mass is 439 g/mol. The second-order valence-corrected chi connectivity index (χ2v) is 8.89. The molecule has 3 rings (SSSR count). The standard InChI is InChI=1S/C23H29N5O2S/c1-17-8-12-28(13-9-17)23(30)22(10-14-27-11-4-6-20(27)16-24)26-31-21-7-3-5-19(15-21)25-18(2)29/h3-7,11,15,17,22,26H,8-10,12-14H2,1-2H3,(H,25,29). The summed E-state index contributed by atoms with van der Waals surface area (Å²) in [6, 6.07) is 12.9. The molecular formula is C23H29N5O2S. The van der Waals surface area contributed by atoms with Crippen LogP contribution in [0.3, 0.4) is 0 Å². The van der Waals surface area contributed by atoms with Crippen molar-refractivity contribution in [2.24, 2.45) is 5.92 Å². The normalized spacial score (nSPS) is 15.3. The topological polar surface area (TPSA) is 90.2 Å². The molecule has 0 spiro atoms. The maximum absolute atomic E-state index is 13.3. The van der Waals surface area contributed by atoms with Gasteiger partial charge in [-0.25, -0.2) is 4.72 Å². The third-order valence-electron chi connectivity index (χ3n) is 5.47. The lowest BCUT2D eigenvalue weighted by Crippen LogP contribution is -2.47. The van der Waals surface area contributed by atoms with Gasteiger partial charge in [-0.2, -0.15) is 5.26 Å². The summed E-state index contributed by atoms with van der Waals surface area (Å²) in [5, 5.41) is 12.0. The molecule has 0 bridgehead atoms. The summed E-state index contributed by atoms with van der Waals surface area (Å²) >= 11 is 1.39. The number of anilines is 1. The molecule has 2 heterocycles. The maximum Gasteiger partial charge on any atom is 0.240 e. The molecule has 1 aromatic heterocycles. The van der Waals surface area contributed by atoms with E-state index in [1.807, 2.05) is 46.0 Å². The van der Waals surface area contributed by atoms with E-state index < -0.39 is 0 Å². The van der Waals surface area contributed by atoms with Gasteiger partial charge in [-0.1, -0.05) is 13.0 Å². The van der Waals surface area contributed by atoms with Crippen LogP contribution in [0.5, 0.6) is 0 Å². The summed E-state index contributed by atoms with van der Waals surface area (Å²) in [4.78, 5) is 27.5. The first-order valence-electron chi connectivity index (χ1n) is 10.6. The summed E-state index contributed by atoms with van der Waals surface area (Å²) in [6.45, 7) is 5.85. The Morgan fingerprint density at radius 3 is 2.74 bits per heavy atom. The highest BCUT2D eigenvalue weighted by atomic mass is 32.2. The second kappa shape index (κ2) is 11.0. The first kappa shape index (κ1) is 22.9. The quantitative estimate of drug-likeness (QED) is 0.613. The van der Waals surface area contributed by atoms with Crippen molar-refractivity contribution in [1.82, 2.24) is 14.2 Å². The van der Waals surface area contributed by atoms with Crippen molar-refractivity contribution < 1.29 is 9.59 Å². The minimum atomic E-state index is -0.378. The van der Waals surface area contributed by atoms with Gasteiger partial charge in [-0.05, 0) is 67.5 Å². The van der Waals surface area contributed by atoms with Gasteiger partial charge in [0, 0.05) is 43.3 Å². The molecule has 1 atom stereocenters. The SMILES string of the molecule is CC(=O)Nc1cccc(SNC(CCn2cccc2C#N)C(=O)N2CCC(C)CC2)c1. The molecule has 1 aliphatic heterocycles. The number of nitriles is 1. The van der Waals surface area contributed by atoms with Gasteiger partial charge in [-0.3, -0.25) is 9.59 Å². The fourth-order valence-electron chi connectivity index (χ4n) is 3.64. The summed E-state index contributed by atoms with van der Waals surface area (Å²) in [6.07, 6.45) is 4.50. The number of nitrogens with one attached hydrogen (secondary N) is 2. The number of carbonyl (C=O) groups is 2. The Bertz CT molecular complexity index is 943. The average Bonchev–Trinajstić information content (AvgIpc) is 3.21. The number of piperidine rings is 1. The average molecular weight is 440 g/mol. The molecule has 0 radical (unpaired) electrons. The predicted octanol–water partition coefficient (Wildman–Crippen LogP) is 3.63. The van der Waals surface area contributed by atoms with Crippen molar-refractivity contribution in [3.05, 3.63) is 48.3 Å². The zero-order chi connectivity index (χ0) is 22.2. The predicted molar refractivity (Wildman–Crippen MR) is 122 cm³/mol. The van der Waals surface area contributed by atoms with Crippen LogP contribution in [-0.2, 0) is 16.1 Å². The van der Waals surface area contributed by atoms with Crippen molar-refractivity contribution in [2.75, 3.05) is 18.4 Å². The molecule has 1 saturated heterocycles. The molecular weight excluding hydrogens is 410 g/mol. The second-order valence-electron chi connectivity index (χ2n) is 7.98. The van der Waals surface area contributed by atoms with Crippen molar-refractivity contribution in [3.8, 4) is 6.07 Å². The number of aryl methyl sites for hydroxylation is 1. The third-order valence-corrected chi connectivity index (χ3v) is 6.36. The lowest BCUT2D eigenvalue weighted by Gasteiger charge is -2.33. The molecule has 31 heavy (non-hydrogen) atoms. The van der Waals surface area contributed by atoms with Gasteiger partial charge in [0.15, 0.2) is 0 Å². The van der Waals surface area contributed by atoms with Gasteiger partial charge in [0.1, 0.15) is 11.8 Å². The number of nitrogens with zero attached hydrogens (tertiary/aromatic N) is 3. The molecule has 0 aliphatic carbocycles. The van der Waals surface area contributed by atoms with Crippen LogP contribution in [0, 0.1) is 17.2 Å². The van der Waals surface area contributed by atoms with Gasteiger partial charge < -0.3 is 14.8 Å². The number of carbonyl (C=O) groups excluding carboxylic acids is 2. The summed E-state index contributed by atoms with van der Waals surface area (Å²) < 4.78 is 5.22. The Labute approximate surface area is 187 Å². The van der Waals surface area contributed by atoms with Gasteiger partial charge in [0.05, 0.1) is 6.04 Å². The van der Waals surface area contributed by atoms with Crippen molar-refractivity contribution in [3.63, 3.8) is 0 Å². The molecule has 1 aliphatic rings. The molecule has 164 valence electrons. The lowest BCUT2D eigenvalue weighted by molar-refractivity contribution is -0.134. The summed E-state index contributed by atoms with van der Waals surface area (Å²) in [7, 11) is 0. The van der Waals surface area contributed by atoms with E-state index in [1.54, 1.807) is 6.07 Å². The molecule has 7 nitrogen and oxygen atoms in total. The zero-order valence-electron chi connectivity index (χ0n) is 18.0. The van der Waals surface area contributed by atoms with E-state index >= 15 is 0 Å². The molecule has 0 saturated carbocycles. The Morgan fingerprint density at radius 1 is 1.26 bits per heavy atom. The Morgan fingerprint density at radius 2 is 2.03 bits per heavy atom. The molecule has 1 fully saturated rings. The summed E-state index contributed by atoms with van der Waals surface area (Å²) in [5.74, 6) is 0.630. The van der Waals surface area contributed by atoms with Gasteiger partial charge in [0.25, 0.3) is 0 Å².